The van der Waals surface area contributed by atoms with E-state index in [2.05, 4.69) is 136 Å². The first kappa shape index (κ1) is 20.5. The topological polar surface area (TPSA) is 0 Å². The van der Waals surface area contributed by atoms with Gasteiger partial charge in [0.05, 0.1) is 5.41 Å². The van der Waals surface area contributed by atoms with Gasteiger partial charge in [-0.1, -0.05) is 129 Å². The summed E-state index contributed by atoms with van der Waals surface area (Å²) in [5, 5.41) is 0. The van der Waals surface area contributed by atoms with E-state index < -0.39 is 0 Å². The minimum Gasteiger partial charge on any atom is -0.0619 e. The Labute approximate surface area is 207 Å². The van der Waals surface area contributed by atoms with Crippen molar-refractivity contribution in [3.05, 3.63) is 154 Å². The predicted molar refractivity (Wildman–Crippen MR) is 146 cm³/mol. The average Bonchev–Trinajstić information content (AvgIpc) is 3.18. The Bertz CT molecular complexity index is 1580. The monoisotopic (exact) mass is 448 g/mol. The van der Waals surface area contributed by atoms with Crippen LogP contribution in [-0.4, -0.2) is 0 Å². The number of hydrogen-bond donors (Lipinski definition) is 0. The Morgan fingerprint density at radius 2 is 0.971 bits per heavy atom. The summed E-state index contributed by atoms with van der Waals surface area (Å²) in [5.74, 6) is 0. The van der Waals surface area contributed by atoms with Gasteiger partial charge < -0.3 is 0 Å². The van der Waals surface area contributed by atoms with E-state index in [1.807, 2.05) is 0 Å². The van der Waals surface area contributed by atoms with E-state index in [1.54, 1.807) is 0 Å². The van der Waals surface area contributed by atoms with Crippen LogP contribution in [0.2, 0.25) is 0 Å². The van der Waals surface area contributed by atoms with Gasteiger partial charge in [0.25, 0.3) is 0 Å². The van der Waals surface area contributed by atoms with Gasteiger partial charge in [-0.3, -0.25) is 0 Å². The highest BCUT2D eigenvalue weighted by atomic mass is 14.5. The number of rotatable bonds is 1. The molecule has 0 heteroatoms. The fourth-order valence-electron chi connectivity index (χ4n) is 6.87. The Balaban J connectivity index is 1.62. The summed E-state index contributed by atoms with van der Waals surface area (Å²) in [6, 6.07) is 43.3. The molecular weight excluding hydrogens is 420 g/mol. The molecule has 2 aliphatic rings. The lowest BCUT2D eigenvalue weighted by molar-refractivity contribution is 0.563. The largest absolute Gasteiger partial charge is 0.0719 e. The number of benzene rings is 5. The molecule has 1 spiro atoms. The molecule has 7 rings (SSSR count). The fourth-order valence-corrected chi connectivity index (χ4v) is 6.87. The molecule has 0 saturated carbocycles. The second kappa shape index (κ2) is 7.06. The lowest BCUT2D eigenvalue weighted by Crippen LogP contribution is -2.40. The lowest BCUT2D eigenvalue weighted by atomic mass is 9.55. The maximum absolute atomic E-state index is 2.42. The Kier molecular flexibility index (Phi) is 4.13. The van der Waals surface area contributed by atoms with E-state index >= 15 is 0 Å². The third kappa shape index (κ3) is 2.57. The summed E-state index contributed by atoms with van der Waals surface area (Å²) < 4.78 is 0. The van der Waals surface area contributed by atoms with Crippen LogP contribution in [0, 0.1) is 6.92 Å². The molecule has 0 aromatic heterocycles. The van der Waals surface area contributed by atoms with E-state index in [0.717, 1.165) is 0 Å². The average molecular weight is 449 g/mol. The maximum atomic E-state index is 2.42. The number of hydrogen-bond acceptors (Lipinski definition) is 0. The minimum atomic E-state index is -0.306. The molecule has 2 aliphatic carbocycles. The van der Waals surface area contributed by atoms with Crippen LogP contribution >= 0.6 is 0 Å². The van der Waals surface area contributed by atoms with Gasteiger partial charge in [-0.25, -0.2) is 0 Å². The normalized spacial score (nSPS) is 15.7. The zero-order valence-electron chi connectivity index (χ0n) is 20.5. The summed E-state index contributed by atoms with van der Waals surface area (Å²) in [4.78, 5) is 0. The van der Waals surface area contributed by atoms with Crippen LogP contribution in [0.4, 0.5) is 0 Å². The van der Waals surface area contributed by atoms with Crippen LogP contribution in [-0.2, 0) is 10.8 Å². The second-order valence-electron chi connectivity index (χ2n) is 10.6. The summed E-state index contributed by atoms with van der Waals surface area (Å²) in [7, 11) is 0. The molecule has 0 unspecified atom stereocenters. The highest BCUT2D eigenvalue weighted by molar-refractivity contribution is 5.90. The fraction of sp³-hybridized carbons (Fsp3) is 0.143. The maximum Gasteiger partial charge on any atom is 0.0719 e. The molecule has 0 amide bonds. The third-order valence-electron chi connectivity index (χ3n) is 8.41. The zero-order chi connectivity index (χ0) is 23.8. The summed E-state index contributed by atoms with van der Waals surface area (Å²) >= 11 is 0. The molecule has 0 bridgehead atoms. The van der Waals surface area contributed by atoms with Gasteiger partial charge in [0.2, 0.25) is 0 Å². The standard InChI is InChI=1S/C35H28/c1-23-11-10-12-24(21-23)25-19-20-29-27(22-25)26-13-4-5-14-28(26)35(29)32-17-8-6-15-30(32)34(2,3)31-16-7-9-18-33(31)35/h4-22H,1-3H3. The van der Waals surface area contributed by atoms with Crippen LogP contribution in [0.15, 0.2) is 115 Å². The molecule has 0 N–H and O–H groups in total. The van der Waals surface area contributed by atoms with Crippen LogP contribution < -0.4 is 0 Å². The molecule has 168 valence electrons. The summed E-state index contributed by atoms with van der Waals surface area (Å²) in [6.45, 7) is 6.92. The van der Waals surface area contributed by atoms with Crippen LogP contribution in [0.3, 0.4) is 0 Å². The SMILES string of the molecule is Cc1cccc(-c2ccc3c(c2)-c2ccccc2C32c3ccccc3C(C)(C)c3ccccc32)c1. The zero-order valence-corrected chi connectivity index (χ0v) is 20.5. The van der Waals surface area contributed by atoms with Crippen LogP contribution in [0.25, 0.3) is 22.3 Å². The summed E-state index contributed by atoms with van der Waals surface area (Å²) in [5.41, 5.74) is 14.6. The smallest absolute Gasteiger partial charge is 0.0619 e. The van der Waals surface area contributed by atoms with Crippen molar-refractivity contribution in [2.45, 2.75) is 31.6 Å². The Hall–Kier alpha value is -3.90. The molecular formula is C35H28. The summed E-state index contributed by atoms with van der Waals surface area (Å²) in [6.07, 6.45) is 0. The first-order chi connectivity index (χ1) is 17.0. The van der Waals surface area contributed by atoms with E-state index in [9.17, 15) is 0 Å². The molecule has 0 aliphatic heterocycles. The molecule has 0 saturated heterocycles. The van der Waals surface area contributed by atoms with Crippen molar-refractivity contribution in [3.8, 4) is 22.3 Å². The van der Waals surface area contributed by atoms with E-state index in [-0.39, 0.29) is 10.8 Å². The van der Waals surface area contributed by atoms with Gasteiger partial charge in [0.1, 0.15) is 0 Å². The molecule has 35 heavy (non-hydrogen) atoms. The quantitative estimate of drug-likeness (QED) is 0.236. The van der Waals surface area contributed by atoms with Crippen molar-refractivity contribution in [2.75, 3.05) is 0 Å². The molecule has 0 nitrogen and oxygen atoms in total. The third-order valence-corrected chi connectivity index (χ3v) is 8.41. The van der Waals surface area contributed by atoms with E-state index in [4.69, 9.17) is 0 Å². The van der Waals surface area contributed by atoms with Gasteiger partial charge in [0, 0.05) is 5.41 Å². The number of aryl methyl sites for hydroxylation is 1. The number of fused-ring (bicyclic) bond motifs is 9. The van der Waals surface area contributed by atoms with Crippen LogP contribution in [0.1, 0.15) is 52.8 Å². The minimum absolute atomic E-state index is 0.0579. The van der Waals surface area contributed by atoms with Gasteiger partial charge in [-0.05, 0) is 68.6 Å². The van der Waals surface area contributed by atoms with Gasteiger partial charge in [-0.15, -0.1) is 0 Å². The molecule has 5 aromatic carbocycles. The van der Waals surface area contributed by atoms with Crippen molar-refractivity contribution in [1.82, 2.24) is 0 Å². The Morgan fingerprint density at radius 1 is 0.429 bits per heavy atom. The molecule has 0 radical (unpaired) electrons. The molecule has 0 atom stereocenters. The van der Waals surface area contributed by atoms with Gasteiger partial charge in [-0.2, -0.15) is 0 Å². The highest BCUT2D eigenvalue weighted by Gasteiger charge is 2.53. The first-order valence-corrected chi connectivity index (χ1v) is 12.5. The first-order valence-electron chi connectivity index (χ1n) is 12.5. The molecule has 0 heterocycles. The van der Waals surface area contributed by atoms with Crippen molar-refractivity contribution < 1.29 is 0 Å². The lowest BCUT2D eigenvalue weighted by Gasteiger charge is -2.46. The van der Waals surface area contributed by atoms with Crippen molar-refractivity contribution in [2.24, 2.45) is 0 Å². The highest BCUT2D eigenvalue weighted by Crippen LogP contribution is 2.62. The van der Waals surface area contributed by atoms with Gasteiger partial charge in [0.15, 0.2) is 0 Å². The van der Waals surface area contributed by atoms with Crippen molar-refractivity contribution in [3.63, 3.8) is 0 Å². The van der Waals surface area contributed by atoms with E-state index in [1.165, 1.54) is 61.2 Å². The van der Waals surface area contributed by atoms with Crippen molar-refractivity contribution >= 4 is 0 Å². The predicted octanol–water partition coefficient (Wildman–Crippen LogP) is 8.66. The Morgan fingerprint density at radius 3 is 1.63 bits per heavy atom. The molecule has 5 aromatic rings. The van der Waals surface area contributed by atoms with E-state index in [0.29, 0.717) is 0 Å². The van der Waals surface area contributed by atoms with Crippen LogP contribution in [0.5, 0.6) is 0 Å². The van der Waals surface area contributed by atoms with Crippen molar-refractivity contribution in [1.29, 1.82) is 0 Å². The second-order valence-corrected chi connectivity index (χ2v) is 10.6. The van der Waals surface area contributed by atoms with Gasteiger partial charge >= 0.3 is 0 Å². The molecule has 0 fully saturated rings.